The van der Waals surface area contributed by atoms with E-state index in [2.05, 4.69) is 15.4 Å². The molecule has 31 heavy (non-hydrogen) atoms. The van der Waals surface area contributed by atoms with Crippen LogP contribution in [0.4, 0.5) is 5.69 Å². The third kappa shape index (κ3) is 7.18. The molecule has 0 spiro atoms. The van der Waals surface area contributed by atoms with Gasteiger partial charge in [-0.05, 0) is 66.7 Å². The number of hydrogen-bond acceptors (Lipinski definition) is 5. The molecule has 1 amide bonds. The molecule has 0 atom stereocenters. The summed E-state index contributed by atoms with van der Waals surface area (Å²) in [6, 6.07) is 19.1. The zero-order chi connectivity index (χ0) is 22.1. The first-order chi connectivity index (χ1) is 14.9. The Morgan fingerprint density at radius 2 is 1.74 bits per heavy atom. The number of amides is 1. The lowest BCUT2D eigenvalue weighted by Crippen LogP contribution is -2.32. The molecule has 1 aromatic heterocycles. The van der Waals surface area contributed by atoms with Gasteiger partial charge in [-0.15, -0.1) is 0 Å². The van der Waals surface area contributed by atoms with E-state index in [1.807, 2.05) is 30.3 Å². The van der Waals surface area contributed by atoms with Crippen LogP contribution in [0.5, 0.6) is 0 Å². The van der Waals surface area contributed by atoms with E-state index in [9.17, 15) is 13.2 Å². The Hall–Kier alpha value is -3.27. The molecule has 3 rings (SSSR count). The molecule has 0 saturated heterocycles. The molecule has 0 aliphatic carbocycles. The van der Waals surface area contributed by atoms with E-state index in [1.54, 1.807) is 24.3 Å². The Labute approximate surface area is 186 Å². The summed E-state index contributed by atoms with van der Waals surface area (Å²) >= 11 is 5.11. The molecule has 0 fully saturated rings. The minimum absolute atomic E-state index is 0.0886. The molecule has 3 aromatic rings. The van der Waals surface area contributed by atoms with E-state index in [0.29, 0.717) is 24.4 Å². The highest BCUT2D eigenvalue weighted by Crippen LogP contribution is 2.14. The van der Waals surface area contributed by atoms with Crippen LogP contribution in [0.1, 0.15) is 11.3 Å². The lowest BCUT2D eigenvalue weighted by molar-refractivity contribution is -0.115. The summed E-state index contributed by atoms with van der Waals surface area (Å²) in [6.07, 6.45) is 4.92. The summed E-state index contributed by atoms with van der Waals surface area (Å²) in [7, 11) is -3.62. The largest absolute Gasteiger partial charge is 0.465 e. The number of carbonyl (C=O) groups excluding carboxylic acids is 1. The number of carbonyl (C=O) groups is 1. The van der Waals surface area contributed by atoms with E-state index in [-0.39, 0.29) is 10.0 Å². The highest BCUT2D eigenvalue weighted by atomic mass is 32.2. The minimum Gasteiger partial charge on any atom is -0.465 e. The molecule has 0 aliphatic heterocycles. The number of sulfonamides is 1. The second-order valence-corrected chi connectivity index (χ2v) is 8.63. The molecule has 160 valence electrons. The van der Waals surface area contributed by atoms with Gasteiger partial charge in [-0.3, -0.25) is 10.1 Å². The van der Waals surface area contributed by atoms with E-state index in [0.717, 1.165) is 5.56 Å². The van der Waals surface area contributed by atoms with Crippen LogP contribution in [0.2, 0.25) is 0 Å². The fourth-order valence-corrected chi connectivity index (χ4v) is 3.89. The molecular formula is C22H21N3O4S2. The topological polar surface area (TPSA) is 100 Å². The van der Waals surface area contributed by atoms with Crippen LogP contribution in [0.25, 0.3) is 6.08 Å². The van der Waals surface area contributed by atoms with Crippen molar-refractivity contribution in [1.82, 2.24) is 10.0 Å². The van der Waals surface area contributed by atoms with Gasteiger partial charge in [0.15, 0.2) is 5.11 Å². The van der Waals surface area contributed by atoms with Gasteiger partial charge in [0.2, 0.25) is 15.9 Å². The summed E-state index contributed by atoms with van der Waals surface area (Å²) < 4.78 is 32.6. The Morgan fingerprint density at radius 3 is 2.42 bits per heavy atom. The molecule has 9 heteroatoms. The molecule has 2 aromatic carbocycles. The first kappa shape index (κ1) is 22.4. The van der Waals surface area contributed by atoms with Gasteiger partial charge in [-0.25, -0.2) is 13.1 Å². The highest BCUT2D eigenvalue weighted by molar-refractivity contribution is 7.89. The normalized spacial score (nSPS) is 11.4. The number of furan rings is 1. The zero-order valence-electron chi connectivity index (χ0n) is 16.4. The average Bonchev–Trinajstić information content (AvgIpc) is 3.27. The van der Waals surface area contributed by atoms with Gasteiger partial charge in [-0.2, -0.15) is 0 Å². The number of nitrogens with one attached hydrogen (secondary N) is 3. The first-order valence-electron chi connectivity index (χ1n) is 9.39. The van der Waals surface area contributed by atoms with Crippen molar-refractivity contribution < 1.29 is 17.6 Å². The maximum absolute atomic E-state index is 12.4. The quantitative estimate of drug-likeness (QED) is 0.356. The number of hydrogen-bond donors (Lipinski definition) is 3. The Morgan fingerprint density at radius 1 is 1.00 bits per heavy atom. The Kier molecular flexibility index (Phi) is 7.71. The standard InChI is InChI=1S/C22H21N3O4S2/c26-21(13-10-19-7-4-16-29-19)25-22(30)24-18-8-11-20(12-9-18)31(27,28)23-15-14-17-5-2-1-3-6-17/h1-13,16,23H,14-15H2,(H2,24,25,26,30)/b13-10+. The Bertz CT molecular complexity index is 1140. The van der Waals surface area contributed by atoms with Crippen LogP contribution >= 0.6 is 12.2 Å². The van der Waals surface area contributed by atoms with Gasteiger partial charge in [0.25, 0.3) is 0 Å². The van der Waals surface area contributed by atoms with Gasteiger partial charge in [0, 0.05) is 18.3 Å². The predicted molar refractivity (Wildman–Crippen MR) is 124 cm³/mol. The van der Waals surface area contributed by atoms with Crippen molar-refractivity contribution in [3.8, 4) is 0 Å². The second-order valence-electron chi connectivity index (χ2n) is 6.45. The fourth-order valence-electron chi connectivity index (χ4n) is 2.63. The molecule has 7 nitrogen and oxygen atoms in total. The van der Waals surface area contributed by atoms with Gasteiger partial charge in [-0.1, -0.05) is 30.3 Å². The smallest absolute Gasteiger partial charge is 0.250 e. The van der Waals surface area contributed by atoms with E-state index in [1.165, 1.54) is 30.5 Å². The van der Waals surface area contributed by atoms with E-state index >= 15 is 0 Å². The SMILES string of the molecule is O=C(/C=C/c1ccco1)NC(=S)Nc1ccc(S(=O)(=O)NCCc2ccccc2)cc1. The van der Waals surface area contributed by atoms with Gasteiger partial charge < -0.3 is 9.73 Å². The van der Waals surface area contributed by atoms with Crippen LogP contribution in [-0.2, 0) is 21.2 Å². The summed E-state index contributed by atoms with van der Waals surface area (Å²) in [5, 5.41) is 5.43. The second kappa shape index (κ2) is 10.7. The monoisotopic (exact) mass is 455 g/mol. The van der Waals surface area contributed by atoms with Crippen molar-refractivity contribution in [2.24, 2.45) is 0 Å². The summed E-state index contributed by atoms with van der Waals surface area (Å²) in [6.45, 7) is 0.300. The van der Waals surface area contributed by atoms with Crippen LogP contribution in [-0.4, -0.2) is 26.0 Å². The number of rotatable bonds is 8. The number of anilines is 1. The third-order valence-electron chi connectivity index (χ3n) is 4.15. The molecule has 0 unspecified atom stereocenters. The van der Waals surface area contributed by atoms with Gasteiger partial charge in [0.05, 0.1) is 11.2 Å². The molecule has 0 aliphatic rings. The van der Waals surface area contributed by atoms with Crippen LogP contribution in [0.3, 0.4) is 0 Å². The first-order valence-corrected chi connectivity index (χ1v) is 11.3. The van der Waals surface area contributed by atoms with Crippen molar-refractivity contribution in [2.75, 3.05) is 11.9 Å². The maximum Gasteiger partial charge on any atom is 0.250 e. The van der Waals surface area contributed by atoms with Crippen LogP contribution in [0.15, 0.2) is 88.4 Å². The van der Waals surface area contributed by atoms with E-state index in [4.69, 9.17) is 16.6 Å². The maximum atomic E-state index is 12.4. The third-order valence-corrected chi connectivity index (χ3v) is 5.83. The van der Waals surface area contributed by atoms with Crippen molar-refractivity contribution in [3.05, 3.63) is 90.4 Å². The summed E-state index contributed by atoms with van der Waals surface area (Å²) in [5.41, 5.74) is 1.60. The number of benzene rings is 2. The summed E-state index contributed by atoms with van der Waals surface area (Å²) in [4.78, 5) is 12.0. The van der Waals surface area contributed by atoms with Crippen molar-refractivity contribution in [2.45, 2.75) is 11.3 Å². The van der Waals surface area contributed by atoms with Crippen molar-refractivity contribution in [1.29, 1.82) is 0 Å². The van der Waals surface area contributed by atoms with Gasteiger partial charge in [0.1, 0.15) is 5.76 Å². The number of thiocarbonyl (C=S) groups is 1. The Balaban J connectivity index is 1.49. The predicted octanol–water partition coefficient (Wildman–Crippen LogP) is 3.33. The van der Waals surface area contributed by atoms with Crippen LogP contribution < -0.4 is 15.4 Å². The molecule has 3 N–H and O–H groups in total. The molecule has 1 heterocycles. The molecule has 0 saturated carbocycles. The highest BCUT2D eigenvalue weighted by Gasteiger charge is 2.13. The minimum atomic E-state index is -3.62. The molecule has 0 radical (unpaired) electrons. The van der Waals surface area contributed by atoms with Crippen molar-refractivity contribution >= 4 is 45.0 Å². The average molecular weight is 456 g/mol. The molecular weight excluding hydrogens is 434 g/mol. The summed E-state index contributed by atoms with van der Waals surface area (Å²) in [5.74, 6) is 0.124. The zero-order valence-corrected chi connectivity index (χ0v) is 18.1. The molecule has 0 bridgehead atoms. The van der Waals surface area contributed by atoms with Crippen molar-refractivity contribution in [3.63, 3.8) is 0 Å². The van der Waals surface area contributed by atoms with Gasteiger partial charge >= 0.3 is 0 Å². The van der Waals surface area contributed by atoms with Crippen LogP contribution in [0, 0.1) is 0 Å². The fraction of sp³-hybridized carbons (Fsp3) is 0.0909. The lowest BCUT2D eigenvalue weighted by Gasteiger charge is -2.10. The van der Waals surface area contributed by atoms with E-state index < -0.39 is 15.9 Å². The lowest BCUT2D eigenvalue weighted by atomic mass is 10.2.